The summed E-state index contributed by atoms with van der Waals surface area (Å²) in [5, 5.41) is 10.1. The minimum Gasteiger partial charge on any atom is -0.508 e. The van der Waals surface area contributed by atoms with Gasteiger partial charge in [0.15, 0.2) is 0 Å². The van der Waals surface area contributed by atoms with E-state index in [9.17, 15) is 9.90 Å². The SMILES string of the molecule is CCC(C)(C)c1cc(CC(=O)OCCCCCC(C)C)ccc1O. The van der Waals surface area contributed by atoms with Gasteiger partial charge in [0.05, 0.1) is 13.0 Å². The molecule has 0 atom stereocenters. The Kier molecular flexibility index (Phi) is 8.30. The van der Waals surface area contributed by atoms with Crippen molar-refractivity contribution in [1.82, 2.24) is 0 Å². The van der Waals surface area contributed by atoms with E-state index >= 15 is 0 Å². The highest BCUT2D eigenvalue weighted by atomic mass is 16.5. The molecule has 24 heavy (non-hydrogen) atoms. The van der Waals surface area contributed by atoms with E-state index in [0.717, 1.165) is 36.3 Å². The van der Waals surface area contributed by atoms with Gasteiger partial charge in [0.1, 0.15) is 5.75 Å². The third kappa shape index (κ3) is 6.94. The van der Waals surface area contributed by atoms with Gasteiger partial charge >= 0.3 is 5.97 Å². The van der Waals surface area contributed by atoms with Crippen LogP contribution in [0.2, 0.25) is 0 Å². The lowest BCUT2D eigenvalue weighted by Crippen LogP contribution is -2.16. The highest BCUT2D eigenvalue weighted by Gasteiger charge is 2.22. The fourth-order valence-corrected chi connectivity index (χ4v) is 2.66. The molecule has 1 rings (SSSR count). The largest absolute Gasteiger partial charge is 0.508 e. The highest BCUT2D eigenvalue weighted by molar-refractivity contribution is 5.72. The van der Waals surface area contributed by atoms with Gasteiger partial charge in [-0.25, -0.2) is 0 Å². The van der Waals surface area contributed by atoms with Gasteiger partial charge in [-0.2, -0.15) is 0 Å². The number of ether oxygens (including phenoxy) is 1. The van der Waals surface area contributed by atoms with Crippen LogP contribution in [0, 0.1) is 5.92 Å². The van der Waals surface area contributed by atoms with Crippen molar-refractivity contribution >= 4 is 5.97 Å². The van der Waals surface area contributed by atoms with Crippen LogP contribution in [0.5, 0.6) is 5.75 Å². The van der Waals surface area contributed by atoms with Crippen molar-refractivity contribution in [3.63, 3.8) is 0 Å². The molecule has 1 N–H and O–H groups in total. The number of benzene rings is 1. The maximum Gasteiger partial charge on any atom is 0.310 e. The summed E-state index contributed by atoms with van der Waals surface area (Å²) >= 11 is 0. The average molecular weight is 334 g/mol. The summed E-state index contributed by atoms with van der Waals surface area (Å²) < 4.78 is 5.33. The first-order valence-corrected chi connectivity index (χ1v) is 9.24. The molecule has 1 aromatic rings. The molecule has 136 valence electrons. The Morgan fingerprint density at radius 2 is 1.92 bits per heavy atom. The molecule has 0 saturated carbocycles. The Bertz CT molecular complexity index is 518. The number of hydrogen-bond acceptors (Lipinski definition) is 3. The van der Waals surface area contributed by atoms with Crippen molar-refractivity contribution in [1.29, 1.82) is 0 Å². The zero-order valence-electron chi connectivity index (χ0n) is 16.0. The van der Waals surface area contributed by atoms with Crippen molar-refractivity contribution in [3.05, 3.63) is 29.3 Å². The van der Waals surface area contributed by atoms with Crippen molar-refractivity contribution in [2.24, 2.45) is 5.92 Å². The molecule has 0 aliphatic heterocycles. The van der Waals surface area contributed by atoms with E-state index in [2.05, 4.69) is 34.6 Å². The summed E-state index contributed by atoms with van der Waals surface area (Å²) in [7, 11) is 0. The third-order valence-corrected chi connectivity index (χ3v) is 4.71. The number of rotatable bonds is 10. The first kappa shape index (κ1) is 20.5. The Hall–Kier alpha value is -1.51. The summed E-state index contributed by atoms with van der Waals surface area (Å²) in [5.41, 5.74) is 1.68. The van der Waals surface area contributed by atoms with E-state index in [0.29, 0.717) is 12.4 Å². The lowest BCUT2D eigenvalue weighted by molar-refractivity contribution is -0.142. The molecule has 0 unspecified atom stereocenters. The first-order valence-electron chi connectivity index (χ1n) is 9.24. The van der Waals surface area contributed by atoms with Gasteiger partial charge in [-0.3, -0.25) is 4.79 Å². The lowest BCUT2D eigenvalue weighted by Gasteiger charge is -2.25. The quantitative estimate of drug-likeness (QED) is 0.461. The summed E-state index contributed by atoms with van der Waals surface area (Å²) in [4.78, 5) is 12.0. The van der Waals surface area contributed by atoms with Crippen molar-refractivity contribution in [2.75, 3.05) is 6.61 Å². The Morgan fingerprint density at radius 3 is 2.54 bits per heavy atom. The second-order valence-electron chi connectivity index (χ2n) is 7.73. The van der Waals surface area contributed by atoms with Crippen LogP contribution >= 0.6 is 0 Å². The normalized spacial score (nSPS) is 11.8. The number of aromatic hydroxyl groups is 1. The molecule has 3 nitrogen and oxygen atoms in total. The van der Waals surface area contributed by atoms with Crippen LogP contribution in [0.4, 0.5) is 0 Å². The average Bonchev–Trinajstić information content (AvgIpc) is 2.52. The monoisotopic (exact) mass is 334 g/mol. The van der Waals surface area contributed by atoms with E-state index in [1.807, 2.05) is 6.07 Å². The van der Waals surface area contributed by atoms with Gasteiger partial charge in [0, 0.05) is 0 Å². The van der Waals surface area contributed by atoms with Crippen LogP contribution in [0.15, 0.2) is 18.2 Å². The molecule has 0 aliphatic rings. The predicted octanol–water partition coefficient (Wildman–Crippen LogP) is 5.38. The van der Waals surface area contributed by atoms with Crippen LogP contribution < -0.4 is 0 Å². The van der Waals surface area contributed by atoms with Gasteiger partial charge in [0.2, 0.25) is 0 Å². The molecule has 0 radical (unpaired) electrons. The topological polar surface area (TPSA) is 46.5 Å². The van der Waals surface area contributed by atoms with Gasteiger partial charge in [-0.05, 0) is 41.4 Å². The summed E-state index contributed by atoms with van der Waals surface area (Å²) in [6, 6.07) is 5.42. The molecule has 3 heteroatoms. The fraction of sp³-hybridized carbons (Fsp3) is 0.667. The molecule has 0 aromatic heterocycles. The molecule has 0 bridgehead atoms. The number of carbonyl (C=O) groups excluding carboxylic acids is 1. The Labute approximate surface area is 147 Å². The Morgan fingerprint density at radius 1 is 1.21 bits per heavy atom. The van der Waals surface area contributed by atoms with Crippen molar-refractivity contribution < 1.29 is 14.6 Å². The lowest BCUT2D eigenvalue weighted by atomic mass is 9.81. The van der Waals surface area contributed by atoms with Crippen LogP contribution in [-0.2, 0) is 21.4 Å². The molecule has 1 aromatic carbocycles. The molecule has 0 heterocycles. The van der Waals surface area contributed by atoms with Crippen LogP contribution in [-0.4, -0.2) is 17.7 Å². The van der Waals surface area contributed by atoms with Gasteiger partial charge in [0.25, 0.3) is 0 Å². The maximum absolute atomic E-state index is 12.0. The van der Waals surface area contributed by atoms with E-state index in [1.165, 1.54) is 12.8 Å². The predicted molar refractivity (Wildman–Crippen MR) is 99.4 cm³/mol. The summed E-state index contributed by atoms with van der Waals surface area (Å²) in [6.07, 6.45) is 5.66. The third-order valence-electron chi connectivity index (χ3n) is 4.71. The molecular formula is C21H34O3. The van der Waals surface area contributed by atoms with Crippen molar-refractivity contribution in [3.8, 4) is 5.75 Å². The zero-order chi connectivity index (χ0) is 18.2. The summed E-state index contributed by atoms with van der Waals surface area (Å²) in [6.45, 7) is 11.3. The summed E-state index contributed by atoms with van der Waals surface area (Å²) in [5.74, 6) is 0.845. The standard InChI is InChI=1S/C21H34O3/c1-6-21(4,5)18-14-17(11-12-19(18)22)15-20(23)24-13-9-7-8-10-16(2)3/h11-12,14,16,22H,6-10,13,15H2,1-5H3. The minimum atomic E-state index is -0.190. The highest BCUT2D eigenvalue weighted by Crippen LogP contribution is 2.34. The van der Waals surface area contributed by atoms with Crippen LogP contribution in [0.1, 0.15) is 77.8 Å². The zero-order valence-corrected chi connectivity index (χ0v) is 16.0. The molecule has 0 spiro atoms. The fourth-order valence-electron chi connectivity index (χ4n) is 2.66. The Balaban J connectivity index is 2.46. The molecule has 0 saturated heterocycles. The van der Waals surface area contributed by atoms with Crippen molar-refractivity contribution in [2.45, 2.75) is 78.6 Å². The van der Waals surface area contributed by atoms with Gasteiger partial charge < -0.3 is 9.84 Å². The van der Waals surface area contributed by atoms with Gasteiger partial charge in [-0.15, -0.1) is 0 Å². The van der Waals surface area contributed by atoms with Gasteiger partial charge in [-0.1, -0.05) is 66.0 Å². The number of esters is 1. The minimum absolute atomic E-state index is 0.111. The van der Waals surface area contributed by atoms with Crippen LogP contribution in [0.3, 0.4) is 0 Å². The first-order chi connectivity index (χ1) is 11.3. The second-order valence-corrected chi connectivity index (χ2v) is 7.73. The van der Waals surface area contributed by atoms with E-state index < -0.39 is 0 Å². The number of hydrogen-bond donors (Lipinski definition) is 1. The smallest absolute Gasteiger partial charge is 0.310 e. The molecule has 0 amide bonds. The maximum atomic E-state index is 12.0. The molecular weight excluding hydrogens is 300 g/mol. The number of phenolic OH excluding ortho intramolecular Hbond substituents is 1. The molecule has 0 aliphatic carbocycles. The number of carbonyl (C=O) groups is 1. The van der Waals surface area contributed by atoms with E-state index in [1.54, 1.807) is 12.1 Å². The van der Waals surface area contributed by atoms with Crippen LogP contribution in [0.25, 0.3) is 0 Å². The second kappa shape index (κ2) is 9.71. The van der Waals surface area contributed by atoms with E-state index in [4.69, 9.17) is 4.74 Å². The number of unbranched alkanes of at least 4 members (excludes halogenated alkanes) is 2. The van der Waals surface area contributed by atoms with E-state index in [-0.39, 0.29) is 17.8 Å². The molecule has 0 fully saturated rings. The number of phenols is 1.